The van der Waals surface area contributed by atoms with Crippen LogP contribution in [0, 0.1) is 6.92 Å². The van der Waals surface area contributed by atoms with Gasteiger partial charge in [-0.05, 0) is 53.4 Å². The first-order valence-corrected chi connectivity index (χ1v) is 9.74. The number of benzene rings is 1. The summed E-state index contributed by atoms with van der Waals surface area (Å²) in [6, 6.07) is 5.07. The standard InChI is InChI=1S/C15H20BrNO4S/c1-11-5-6-14(12(16)10-11)22(18,19)17-7-3-2-4-13(17)15-20-8-9-21-15/h5-6,10,13,15H,2-4,7-9H2,1H3/t13-/m1/s1. The Kier molecular flexibility index (Phi) is 4.89. The molecule has 0 aliphatic carbocycles. The summed E-state index contributed by atoms with van der Waals surface area (Å²) in [6.45, 7) is 3.51. The van der Waals surface area contributed by atoms with Crippen molar-refractivity contribution in [3.8, 4) is 0 Å². The molecule has 3 rings (SSSR count). The van der Waals surface area contributed by atoms with E-state index in [0.29, 0.717) is 29.1 Å². The van der Waals surface area contributed by atoms with Crippen molar-refractivity contribution in [3.05, 3.63) is 28.2 Å². The molecular weight excluding hydrogens is 370 g/mol. The predicted molar refractivity (Wildman–Crippen MR) is 86.1 cm³/mol. The zero-order valence-electron chi connectivity index (χ0n) is 12.5. The van der Waals surface area contributed by atoms with Crippen LogP contribution in [0.25, 0.3) is 0 Å². The van der Waals surface area contributed by atoms with Crippen LogP contribution in [0.5, 0.6) is 0 Å². The molecule has 5 nitrogen and oxygen atoms in total. The van der Waals surface area contributed by atoms with Crippen LogP contribution in [0.4, 0.5) is 0 Å². The molecule has 1 aromatic rings. The molecule has 1 atom stereocenters. The van der Waals surface area contributed by atoms with Crippen LogP contribution in [0.3, 0.4) is 0 Å². The Hall–Kier alpha value is -0.470. The molecule has 0 amide bonds. The second kappa shape index (κ2) is 6.57. The molecule has 1 aromatic carbocycles. The van der Waals surface area contributed by atoms with Gasteiger partial charge in [0.15, 0.2) is 6.29 Å². The van der Waals surface area contributed by atoms with E-state index in [2.05, 4.69) is 15.9 Å². The predicted octanol–water partition coefficient (Wildman–Crippen LogP) is 2.67. The Morgan fingerprint density at radius 2 is 1.95 bits per heavy atom. The van der Waals surface area contributed by atoms with Gasteiger partial charge in [-0.1, -0.05) is 12.5 Å². The molecule has 0 N–H and O–H groups in total. The van der Waals surface area contributed by atoms with Gasteiger partial charge in [0.05, 0.1) is 24.2 Å². The summed E-state index contributed by atoms with van der Waals surface area (Å²) >= 11 is 3.38. The van der Waals surface area contributed by atoms with Crippen molar-refractivity contribution in [3.63, 3.8) is 0 Å². The molecule has 7 heteroatoms. The number of ether oxygens (including phenoxy) is 2. The molecule has 0 spiro atoms. The number of sulfonamides is 1. The average molecular weight is 390 g/mol. The minimum atomic E-state index is -3.57. The summed E-state index contributed by atoms with van der Waals surface area (Å²) in [5, 5.41) is 0. The van der Waals surface area contributed by atoms with Gasteiger partial charge in [0.1, 0.15) is 0 Å². The van der Waals surface area contributed by atoms with Gasteiger partial charge in [0.2, 0.25) is 10.0 Å². The third kappa shape index (κ3) is 3.10. The smallest absolute Gasteiger partial charge is 0.244 e. The van der Waals surface area contributed by atoms with E-state index in [9.17, 15) is 8.42 Å². The van der Waals surface area contributed by atoms with Crippen molar-refractivity contribution in [2.24, 2.45) is 0 Å². The van der Waals surface area contributed by atoms with Crippen molar-refractivity contribution in [2.45, 2.75) is 43.4 Å². The fourth-order valence-corrected chi connectivity index (χ4v) is 5.88. The highest BCUT2D eigenvalue weighted by Crippen LogP contribution is 2.32. The number of nitrogens with zero attached hydrogens (tertiary/aromatic N) is 1. The largest absolute Gasteiger partial charge is 0.349 e. The van der Waals surface area contributed by atoms with Gasteiger partial charge in [-0.15, -0.1) is 0 Å². The number of hydrogen-bond donors (Lipinski definition) is 0. The maximum Gasteiger partial charge on any atom is 0.244 e. The molecule has 0 radical (unpaired) electrons. The molecule has 22 heavy (non-hydrogen) atoms. The molecule has 0 aromatic heterocycles. The zero-order chi connectivity index (χ0) is 15.7. The normalized spacial score (nSPS) is 24.7. The van der Waals surface area contributed by atoms with Crippen molar-refractivity contribution in [2.75, 3.05) is 19.8 Å². The Morgan fingerprint density at radius 3 is 2.64 bits per heavy atom. The van der Waals surface area contributed by atoms with E-state index in [1.54, 1.807) is 10.4 Å². The van der Waals surface area contributed by atoms with E-state index in [0.717, 1.165) is 24.8 Å². The van der Waals surface area contributed by atoms with Crippen molar-refractivity contribution in [1.29, 1.82) is 0 Å². The van der Waals surface area contributed by atoms with E-state index < -0.39 is 16.3 Å². The lowest BCUT2D eigenvalue weighted by Gasteiger charge is -2.37. The summed E-state index contributed by atoms with van der Waals surface area (Å²) in [6.07, 6.45) is 2.19. The Balaban J connectivity index is 1.94. The number of piperidine rings is 1. The molecule has 0 unspecified atom stereocenters. The molecule has 2 aliphatic rings. The number of aryl methyl sites for hydroxylation is 1. The first-order chi connectivity index (χ1) is 10.5. The Bertz CT molecular complexity index is 643. The lowest BCUT2D eigenvalue weighted by atomic mass is 10.0. The van der Waals surface area contributed by atoms with E-state index in [1.165, 1.54) is 0 Å². The Labute approximate surface area is 139 Å². The molecule has 0 saturated carbocycles. The van der Waals surface area contributed by atoms with E-state index in [-0.39, 0.29) is 6.04 Å². The highest BCUT2D eigenvalue weighted by atomic mass is 79.9. The first kappa shape index (κ1) is 16.4. The van der Waals surface area contributed by atoms with Gasteiger partial charge in [0.25, 0.3) is 0 Å². The van der Waals surface area contributed by atoms with Gasteiger partial charge in [-0.3, -0.25) is 0 Å². The average Bonchev–Trinajstić information content (AvgIpc) is 3.01. The summed E-state index contributed by atoms with van der Waals surface area (Å²) < 4.78 is 39.4. The molecule has 0 bridgehead atoms. The topological polar surface area (TPSA) is 55.8 Å². The SMILES string of the molecule is Cc1ccc(S(=O)(=O)N2CCCC[C@@H]2C2OCCO2)c(Br)c1. The quantitative estimate of drug-likeness (QED) is 0.797. The molecule has 2 saturated heterocycles. The van der Waals surface area contributed by atoms with Crippen LogP contribution in [-0.2, 0) is 19.5 Å². The highest BCUT2D eigenvalue weighted by Gasteiger charge is 2.40. The minimum Gasteiger partial charge on any atom is -0.349 e. The highest BCUT2D eigenvalue weighted by molar-refractivity contribution is 9.10. The Morgan fingerprint density at radius 1 is 1.23 bits per heavy atom. The summed E-state index contributed by atoms with van der Waals surface area (Å²) in [7, 11) is -3.57. The van der Waals surface area contributed by atoms with Crippen molar-refractivity contribution in [1.82, 2.24) is 4.31 Å². The van der Waals surface area contributed by atoms with Gasteiger partial charge in [-0.25, -0.2) is 8.42 Å². The maximum absolute atomic E-state index is 13.1. The molecule has 2 aliphatic heterocycles. The van der Waals surface area contributed by atoms with Crippen LogP contribution in [-0.4, -0.2) is 44.8 Å². The number of halogens is 1. The van der Waals surface area contributed by atoms with E-state index in [1.807, 2.05) is 19.1 Å². The summed E-state index contributed by atoms with van der Waals surface area (Å²) in [4.78, 5) is 0.308. The molecule has 2 heterocycles. The fraction of sp³-hybridized carbons (Fsp3) is 0.600. The molecular formula is C15H20BrNO4S. The van der Waals surface area contributed by atoms with Crippen LogP contribution < -0.4 is 0 Å². The van der Waals surface area contributed by atoms with Crippen LogP contribution >= 0.6 is 15.9 Å². The van der Waals surface area contributed by atoms with Crippen molar-refractivity contribution < 1.29 is 17.9 Å². The number of rotatable bonds is 3. The van der Waals surface area contributed by atoms with Gasteiger partial charge in [-0.2, -0.15) is 4.31 Å². The molecule has 2 fully saturated rings. The third-order valence-corrected chi connectivity index (χ3v) is 7.04. The fourth-order valence-electron chi connectivity index (χ4n) is 3.04. The van der Waals surface area contributed by atoms with Crippen LogP contribution in [0.2, 0.25) is 0 Å². The van der Waals surface area contributed by atoms with Crippen LogP contribution in [0.15, 0.2) is 27.6 Å². The summed E-state index contributed by atoms with van der Waals surface area (Å²) in [5.41, 5.74) is 1.02. The second-order valence-corrected chi connectivity index (χ2v) is 8.44. The van der Waals surface area contributed by atoms with Crippen LogP contribution in [0.1, 0.15) is 24.8 Å². The van der Waals surface area contributed by atoms with Gasteiger partial charge in [0, 0.05) is 11.0 Å². The maximum atomic E-state index is 13.1. The zero-order valence-corrected chi connectivity index (χ0v) is 14.9. The lowest BCUT2D eigenvalue weighted by Crippen LogP contribution is -2.50. The minimum absolute atomic E-state index is 0.241. The third-order valence-electron chi connectivity index (χ3n) is 4.13. The first-order valence-electron chi connectivity index (χ1n) is 7.51. The monoisotopic (exact) mass is 389 g/mol. The van der Waals surface area contributed by atoms with E-state index in [4.69, 9.17) is 9.47 Å². The van der Waals surface area contributed by atoms with Gasteiger partial charge < -0.3 is 9.47 Å². The number of hydrogen-bond acceptors (Lipinski definition) is 4. The second-order valence-electron chi connectivity index (χ2n) is 5.72. The van der Waals surface area contributed by atoms with Crippen molar-refractivity contribution >= 4 is 26.0 Å². The van der Waals surface area contributed by atoms with E-state index >= 15 is 0 Å². The summed E-state index contributed by atoms with van der Waals surface area (Å²) in [5.74, 6) is 0. The lowest BCUT2D eigenvalue weighted by molar-refractivity contribution is -0.0913. The van der Waals surface area contributed by atoms with Gasteiger partial charge >= 0.3 is 0 Å². The molecule has 122 valence electrons.